The molecule has 34 heavy (non-hydrogen) atoms. The van der Waals surface area contributed by atoms with Crippen molar-refractivity contribution in [1.29, 1.82) is 0 Å². The summed E-state index contributed by atoms with van der Waals surface area (Å²) in [7, 11) is 0. The molecule has 0 fully saturated rings. The van der Waals surface area contributed by atoms with Crippen molar-refractivity contribution < 1.29 is 0 Å². The number of hydrogen-bond acceptors (Lipinski definition) is 1. The van der Waals surface area contributed by atoms with Crippen LogP contribution in [-0.2, 0) is 6.54 Å². The first kappa shape index (κ1) is 23.4. The van der Waals surface area contributed by atoms with Gasteiger partial charge in [0.2, 0.25) is 0 Å². The Kier molecular flexibility index (Phi) is 6.94. The Balaban J connectivity index is 1.83. The minimum Gasteiger partial charge on any atom is -0.319 e. The van der Waals surface area contributed by atoms with Gasteiger partial charge in [-0.25, -0.2) is 4.98 Å². The number of benzene rings is 4. The molecular weight excluding hydrogens is 595 g/mol. The first-order valence-corrected chi connectivity index (χ1v) is 13.0. The number of nitrogens with zero attached hydrogens (tertiary/aromatic N) is 2. The number of aromatic nitrogens is 2. The molecule has 0 spiro atoms. The van der Waals surface area contributed by atoms with E-state index in [9.17, 15) is 0 Å². The summed E-state index contributed by atoms with van der Waals surface area (Å²) in [6, 6.07) is 32.2. The molecule has 5 aromatic rings. The molecule has 0 saturated heterocycles. The molecule has 0 bridgehead atoms. The predicted molar refractivity (Wildman–Crippen MR) is 149 cm³/mol. The van der Waals surface area contributed by atoms with Gasteiger partial charge < -0.3 is 4.57 Å². The topological polar surface area (TPSA) is 17.8 Å². The Hall–Kier alpha value is -2.37. The minimum atomic E-state index is 0.551. The predicted octanol–water partition coefficient (Wildman–Crippen LogP) is 9.76. The molecule has 0 aliphatic rings. The molecule has 5 rings (SSSR count). The third-order valence-corrected chi connectivity index (χ3v) is 7.36. The van der Waals surface area contributed by atoms with E-state index in [2.05, 4.69) is 60.7 Å². The molecule has 0 radical (unpaired) electrons. The minimum absolute atomic E-state index is 0.551. The number of halogens is 4. The number of rotatable bonds is 5. The zero-order valence-corrected chi connectivity index (χ0v) is 22.5. The van der Waals surface area contributed by atoms with Crippen LogP contribution in [0.1, 0.15) is 5.56 Å². The van der Waals surface area contributed by atoms with Crippen molar-refractivity contribution in [2.24, 2.45) is 0 Å². The Morgan fingerprint density at radius 3 is 1.82 bits per heavy atom. The quantitative estimate of drug-likeness (QED) is 0.193. The van der Waals surface area contributed by atoms with Gasteiger partial charge in [0.15, 0.2) is 0 Å². The van der Waals surface area contributed by atoms with Crippen molar-refractivity contribution >= 4 is 55.1 Å². The second kappa shape index (κ2) is 10.1. The van der Waals surface area contributed by atoms with Gasteiger partial charge >= 0.3 is 0 Å². The average molecular weight is 613 g/mol. The molecule has 0 aliphatic carbocycles. The summed E-state index contributed by atoms with van der Waals surface area (Å²) in [4.78, 5) is 5.17. The molecule has 4 aromatic carbocycles. The number of imidazole rings is 1. The zero-order valence-electron chi connectivity index (χ0n) is 17.9. The van der Waals surface area contributed by atoms with E-state index in [1.165, 1.54) is 0 Å². The highest BCUT2D eigenvalue weighted by molar-refractivity contribution is 9.10. The zero-order chi connectivity index (χ0) is 23.7. The Morgan fingerprint density at radius 1 is 0.647 bits per heavy atom. The highest BCUT2D eigenvalue weighted by Crippen LogP contribution is 2.39. The molecule has 0 aliphatic heterocycles. The molecule has 0 atom stereocenters. The first-order chi connectivity index (χ1) is 16.5. The van der Waals surface area contributed by atoms with Crippen molar-refractivity contribution in [1.82, 2.24) is 9.55 Å². The Morgan fingerprint density at radius 2 is 1.21 bits per heavy atom. The van der Waals surface area contributed by atoms with Gasteiger partial charge in [-0.15, -0.1) is 0 Å². The fraction of sp³-hybridized carbons (Fsp3) is 0.0357. The highest BCUT2D eigenvalue weighted by atomic mass is 79.9. The van der Waals surface area contributed by atoms with Crippen LogP contribution in [0.25, 0.3) is 33.9 Å². The van der Waals surface area contributed by atoms with E-state index in [-0.39, 0.29) is 0 Å². The Labute approximate surface area is 225 Å². The molecule has 0 N–H and O–H groups in total. The molecule has 0 amide bonds. The van der Waals surface area contributed by atoms with Gasteiger partial charge in [0.05, 0.1) is 23.0 Å². The van der Waals surface area contributed by atoms with Gasteiger partial charge in [0, 0.05) is 30.7 Å². The van der Waals surface area contributed by atoms with Gasteiger partial charge in [0.25, 0.3) is 0 Å². The van der Waals surface area contributed by atoms with E-state index < -0.39 is 0 Å². The fourth-order valence-electron chi connectivity index (χ4n) is 3.96. The van der Waals surface area contributed by atoms with Crippen molar-refractivity contribution in [2.75, 3.05) is 0 Å². The van der Waals surface area contributed by atoms with Crippen LogP contribution in [0.4, 0.5) is 0 Å². The van der Waals surface area contributed by atoms with Gasteiger partial charge in [0.1, 0.15) is 5.82 Å². The van der Waals surface area contributed by atoms with Crippen LogP contribution in [0.2, 0.25) is 10.0 Å². The summed E-state index contributed by atoms with van der Waals surface area (Å²) in [6.07, 6.45) is 0. The van der Waals surface area contributed by atoms with Crippen molar-refractivity contribution in [2.45, 2.75) is 6.54 Å². The lowest BCUT2D eigenvalue weighted by Crippen LogP contribution is -2.05. The van der Waals surface area contributed by atoms with Crippen molar-refractivity contribution in [3.8, 4) is 33.9 Å². The smallest absolute Gasteiger partial charge is 0.142 e. The normalized spacial score (nSPS) is 11.1. The van der Waals surface area contributed by atoms with E-state index in [1.54, 1.807) is 0 Å². The summed E-state index contributed by atoms with van der Waals surface area (Å²) >= 11 is 20.4. The van der Waals surface area contributed by atoms with Crippen LogP contribution in [0.3, 0.4) is 0 Å². The first-order valence-electron chi connectivity index (χ1n) is 10.6. The Bertz CT molecular complexity index is 1460. The van der Waals surface area contributed by atoms with Gasteiger partial charge in [-0.05, 0) is 48.0 Å². The molecule has 168 valence electrons. The maximum atomic E-state index is 6.67. The summed E-state index contributed by atoms with van der Waals surface area (Å²) < 4.78 is 4.25. The average Bonchev–Trinajstić information content (AvgIpc) is 3.20. The molecular formula is C28H18Br2Cl2N2. The lowest BCUT2D eigenvalue weighted by molar-refractivity contribution is 0.815. The van der Waals surface area contributed by atoms with Crippen molar-refractivity contribution in [3.63, 3.8) is 0 Å². The maximum absolute atomic E-state index is 6.67. The summed E-state index contributed by atoms with van der Waals surface area (Å²) in [5.41, 5.74) is 5.85. The third kappa shape index (κ3) is 4.73. The van der Waals surface area contributed by atoms with Gasteiger partial charge in [-0.3, -0.25) is 0 Å². The third-order valence-electron chi connectivity index (χ3n) is 5.60. The molecule has 2 nitrogen and oxygen atoms in total. The second-order valence-corrected chi connectivity index (χ2v) is 10.4. The highest BCUT2D eigenvalue weighted by Gasteiger charge is 2.23. The summed E-state index contributed by atoms with van der Waals surface area (Å²) in [5.74, 6) is 0.793. The molecule has 0 unspecified atom stereocenters. The van der Waals surface area contributed by atoms with Crippen LogP contribution in [-0.4, -0.2) is 9.55 Å². The number of hydrogen-bond donors (Lipinski definition) is 0. The molecule has 1 heterocycles. The van der Waals surface area contributed by atoms with E-state index in [0.29, 0.717) is 16.6 Å². The summed E-state index contributed by atoms with van der Waals surface area (Å²) in [6.45, 7) is 0.551. The maximum Gasteiger partial charge on any atom is 0.142 e. The van der Waals surface area contributed by atoms with Crippen LogP contribution in [0, 0.1) is 0 Å². The lowest BCUT2D eigenvalue weighted by atomic mass is 10.0. The SMILES string of the molecule is Clc1ccccc1Cn1c(-c2ccccc2Cl)nc(-c2ccc(Br)cc2)c1-c1ccc(Br)cc1. The molecule has 0 saturated carbocycles. The largest absolute Gasteiger partial charge is 0.319 e. The standard InChI is InChI=1S/C28H18Br2Cl2N2/c29-21-13-9-18(10-14-21)26-27(19-11-15-22(30)16-12-19)34(17-20-5-1-3-7-24(20)31)28(33-26)23-6-2-4-8-25(23)32/h1-16H,17H2. The van der Waals surface area contributed by atoms with E-state index in [1.807, 2.05) is 72.8 Å². The summed E-state index contributed by atoms with van der Waals surface area (Å²) in [5, 5.41) is 1.37. The van der Waals surface area contributed by atoms with Crippen molar-refractivity contribution in [3.05, 3.63) is 122 Å². The van der Waals surface area contributed by atoms with Crippen LogP contribution >= 0.6 is 55.1 Å². The van der Waals surface area contributed by atoms with Crippen LogP contribution in [0.5, 0.6) is 0 Å². The van der Waals surface area contributed by atoms with Crippen LogP contribution < -0.4 is 0 Å². The van der Waals surface area contributed by atoms with Crippen LogP contribution in [0.15, 0.2) is 106 Å². The van der Waals surface area contributed by atoms with Gasteiger partial charge in [-0.1, -0.05) is 110 Å². The molecule has 6 heteroatoms. The van der Waals surface area contributed by atoms with E-state index in [4.69, 9.17) is 28.2 Å². The van der Waals surface area contributed by atoms with E-state index in [0.717, 1.165) is 48.4 Å². The fourth-order valence-corrected chi connectivity index (χ4v) is 4.91. The monoisotopic (exact) mass is 610 g/mol. The van der Waals surface area contributed by atoms with Gasteiger partial charge in [-0.2, -0.15) is 0 Å². The second-order valence-electron chi connectivity index (χ2n) is 7.80. The lowest BCUT2D eigenvalue weighted by Gasteiger charge is -2.15. The molecule has 1 aromatic heterocycles. The van der Waals surface area contributed by atoms with E-state index >= 15 is 0 Å².